The van der Waals surface area contributed by atoms with E-state index in [-0.39, 0.29) is 23.3 Å². The molecule has 3 N–H and O–H groups in total. The van der Waals surface area contributed by atoms with Crippen molar-refractivity contribution in [2.75, 3.05) is 11.9 Å². The fourth-order valence-corrected chi connectivity index (χ4v) is 5.38. The maximum atomic E-state index is 13.1. The van der Waals surface area contributed by atoms with Crippen LogP contribution in [0.3, 0.4) is 0 Å². The van der Waals surface area contributed by atoms with Crippen LogP contribution < -0.4 is 10.0 Å². The first-order valence-corrected chi connectivity index (χ1v) is 12.0. The largest absolute Gasteiger partial charge is 0.361 e. The van der Waals surface area contributed by atoms with Gasteiger partial charge in [0, 0.05) is 41.7 Å². The zero-order chi connectivity index (χ0) is 22.1. The number of aryl methyl sites for hydroxylation is 1. The van der Waals surface area contributed by atoms with Gasteiger partial charge in [-0.2, -0.15) is 0 Å². The molecule has 5 rings (SSSR count). The van der Waals surface area contributed by atoms with E-state index in [1.54, 1.807) is 12.1 Å². The van der Waals surface area contributed by atoms with E-state index in [0.29, 0.717) is 18.5 Å². The number of nitrogens with one attached hydrogen (secondary N) is 3. The first-order chi connectivity index (χ1) is 15.5. The van der Waals surface area contributed by atoms with E-state index < -0.39 is 10.0 Å². The Balaban J connectivity index is 1.45. The zero-order valence-electron chi connectivity index (χ0n) is 17.3. The van der Waals surface area contributed by atoms with Gasteiger partial charge in [-0.15, -0.1) is 0 Å². The standard InChI is InChI=1S/C25H23N3O3S/c29-25-13-10-18-14-19(11-12-23(18)28-25)32(30,31)27-16-21(17-6-2-1-3-7-17)22-15-26-24-9-5-4-8-20(22)24/h1-9,11-12,14-15,21,26-27H,10,13,16H2,(H,28,29)/t21-/m1/s1. The van der Waals surface area contributed by atoms with Gasteiger partial charge < -0.3 is 10.3 Å². The second kappa shape index (κ2) is 8.26. The molecular formula is C25H23N3O3S. The van der Waals surface area contributed by atoms with Gasteiger partial charge in [-0.3, -0.25) is 4.79 Å². The highest BCUT2D eigenvalue weighted by Crippen LogP contribution is 2.31. The van der Waals surface area contributed by atoms with Gasteiger partial charge in [0.25, 0.3) is 0 Å². The van der Waals surface area contributed by atoms with Crippen LogP contribution >= 0.6 is 0 Å². The number of benzene rings is 3. The van der Waals surface area contributed by atoms with E-state index in [9.17, 15) is 13.2 Å². The number of para-hydroxylation sites is 1. The van der Waals surface area contributed by atoms with Crippen molar-refractivity contribution in [3.05, 3.63) is 95.7 Å². The van der Waals surface area contributed by atoms with Crippen LogP contribution in [0.15, 0.2) is 83.9 Å². The number of carbonyl (C=O) groups is 1. The molecule has 0 bridgehead atoms. The highest BCUT2D eigenvalue weighted by atomic mass is 32.2. The molecule has 0 saturated heterocycles. The zero-order valence-corrected chi connectivity index (χ0v) is 18.2. The van der Waals surface area contributed by atoms with Crippen molar-refractivity contribution in [2.24, 2.45) is 0 Å². The Kier molecular flexibility index (Phi) is 5.28. The van der Waals surface area contributed by atoms with Gasteiger partial charge in [0.05, 0.1) is 4.90 Å². The van der Waals surface area contributed by atoms with Crippen LogP contribution in [-0.2, 0) is 21.2 Å². The van der Waals surface area contributed by atoms with Crippen LogP contribution in [0, 0.1) is 0 Å². The summed E-state index contributed by atoms with van der Waals surface area (Å²) in [6, 6.07) is 22.8. The molecule has 0 fully saturated rings. The topological polar surface area (TPSA) is 91.1 Å². The number of hydrogen-bond acceptors (Lipinski definition) is 3. The lowest BCUT2D eigenvalue weighted by molar-refractivity contribution is -0.116. The molecular weight excluding hydrogens is 422 g/mol. The Morgan fingerprint density at radius 1 is 0.938 bits per heavy atom. The van der Waals surface area contributed by atoms with Crippen LogP contribution in [0.5, 0.6) is 0 Å². The van der Waals surface area contributed by atoms with Crippen LogP contribution in [0.1, 0.15) is 29.0 Å². The summed E-state index contributed by atoms with van der Waals surface area (Å²) in [5, 5.41) is 3.86. The SMILES string of the molecule is O=C1CCc2cc(S(=O)(=O)NC[C@H](c3ccccc3)c3c[nH]c4ccccc34)ccc2N1. The minimum atomic E-state index is -3.73. The second-order valence-electron chi connectivity index (χ2n) is 7.97. The number of rotatable bonds is 6. The van der Waals surface area contributed by atoms with E-state index in [0.717, 1.165) is 27.6 Å². The molecule has 1 aromatic heterocycles. The van der Waals surface area contributed by atoms with E-state index in [4.69, 9.17) is 0 Å². The number of anilines is 1. The van der Waals surface area contributed by atoms with Crippen LogP contribution in [0.4, 0.5) is 5.69 Å². The van der Waals surface area contributed by atoms with Crippen molar-refractivity contribution < 1.29 is 13.2 Å². The smallest absolute Gasteiger partial charge is 0.240 e. The molecule has 32 heavy (non-hydrogen) atoms. The highest BCUT2D eigenvalue weighted by molar-refractivity contribution is 7.89. The number of hydrogen-bond donors (Lipinski definition) is 3. The lowest BCUT2D eigenvalue weighted by Gasteiger charge is -2.20. The number of fused-ring (bicyclic) bond motifs is 2. The number of amides is 1. The van der Waals surface area contributed by atoms with Crippen molar-refractivity contribution in [2.45, 2.75) is 23.7 Å². The molecule has 0 saturated carbocycles. The molecule has 3 aromatic carbocycles. The minimum absolute atomic E-state index is 0.0457. The lowest BCUT2D eigenvalue weighted by atomic mass is 9.91. The van der Waals surface area contributed by atoms with Gasteiger partial charge in [-0.1, -0.05) is 48.5 Å². The summed E-state index contributed by atoms with van der Waals surface area (Å²) in [7, 11) is -3.73. The van der Waals surface area contributed by atoms with E-state index in [1.807, 2.05) is 60.8 Å². The quantitative estimate of drug-likeness (QED) is 0.416. The van der Waals surface area contributed by atoms with E-state index in [2.05, 4.69) is 15.0 Å². The molecule has 0 aliphatic carbocycles. The summed E-state index contributed by atoms with van der Waals surface area (Å²) in [4.78, 5) is 15.1. The molecule has 2 heterocycles. The van der Waals surface area contributed by atoms with Gasteiger partial charge in [0.1, 0.15) is 0 Å². The van der Waals surface area contributed by atoms with Crippen molar-refractivity contribution >= 4 is 32.5 Å². The number of aromatic amines is 1. The number of H-pyrrole nitrogens is 1. The third kappa shape index (κ3) is 3.92. The lowest BCUT2D eigenvalue weighted by Crippen LogP contribution is -2.29. The van der Waals surface area contributed by atoms with Crippen LogP contribution in [0.25, 0.3) is 10.9 Å². The molecule has 7 heteroatoms. The molecule has 1 aliphatic rings. The summed E-state index contributed by atoms with van der Waals surface area (Å²) in [6.45, 7) is 0.224. The molecule has 0 spiro atoms. The Labute approximate surface area is 186 Å². The molecule has 4 aromatic rings. The summed E-state index contributed by atoms with van der Waals surface area (Å²) in [6.07, 6.45) is 2.85. The molecule has 1 atom stereocenters. The first kappa shape index (κ1) is 20.5. The fraction of sp³-hybridized carbons (Fsp3) is 0.160. The highest BCUT2D eigenvalue weighted by Gasteiger charge is 2.23. The molecule has 162 valence electrons. The Morgan fingerprint density at radius 2 is 1.72 bits per heavy atom. The maximum Gasteiger partial charge on any atom is 0.240 e. The normalized spacial score (nSPS) is 14.7. The molecule has 1 aliphatic heterocycles. The maximum absolute atomic E-state index is 13.1. The van der Waals surface area contributed by atoms with E-state index >= 15 is 0 Å². The van der Waals surface area contributed by atoms with Gasteiger partial charge >= 0.3 is 0 Å². The van der Waals surface area contributed by atoms with Gasteiger partial charge in [0.2, 0.25) is 15.9 Å². The molecule has 6 nitrogen and oxygen atoms in total. The van der Waals surface area contributed by atoms with Crippen molar-refractivity contribution in [1.29, 1.82) is 0 Å². The van der Waals surface area contributed by atoms with Crippen molar-refractivity contribution in [3.8, 4) is 0 Å². The third-order valence-electron chi connectivity index (χ3n) is 5.96. The van der Waals surface area contributed by atoms with Crippen LogP contribution in [-0.4, -0.2) is 25.9 Å². The van der Waals surface area contributed by atoms with Gasteiger partial charge in [0.15, 0.2) is 0 Å². The number of sulfonamides is 1. The fourth-order valence-electron chi connectivity index (χ4n) is 4.28. The summed E-state index contributed by atoms with van der Waals surface area (Å²) in [5.74, 6) is -0.199. The predicted molar refractivity (Wildman–Crippen MR) is 125 cm³/mol. The molecule has 1 amide bonds. The minimum Gasteiger partial charge on any atom is -0.361 e. The van der Waals surface area contributed by atoms with E-state index in [1.165, 1.54) is 6.07 Å². The molecule has 0 unspecified atom stereocenters. The monoisotopic (exact) mass is 445 g/mol. The summed E-state index contributed by atoms with van der Waals surface area (Å²) >= 11 is 0. The summed E-state index contributed by atoms with van der Waals surface area (Å²) < 4.78 is 29.1. The van der Waals surface area contributed by atoms with Crippen molar-refractivity contribution in [3.63, 3.8) is 0 Å². The van der Waals surface area contributed by atoms with Gasteiger partial charge in [-0.05, 0) is 47.4 Å². The van der Waals surface area contributed by atoms with Crippen LogP contribution in [0.2, 0.25) is 0 Å². The summed E-state index contributed by atoms with van der Waals surface area (Å²) in [5.41, 5.74) is 4.61. The average Bonchev–Trinajstić information content (AvgIpc) is 3.23. The Bertz CT molecular complexity index is 1390. The van der Waals surface area contributed by atoms with Gasteiger partial charge in [-0.25, -0.2) is 13.1 Å². The van der Waals surface area contributed by atoms with Crippen molar-refractivity contribution in [1.82, 2.24) is 9.71 Å². The Morgan fingerprint density at radius 3 is 2.56 bits per heavy atom. The third-order valence-corrected chi connectivity index (χ3v) is 7.38. The number of carbonyl (C=O) groups excluding carboxylic acids is 1. The first-order valence-electron chi connectivity index (χ1n) is 10.5. The molecule has 0 radical (unpaired) electrons. The predicted octanol–water partition coefficient (Wildman–Crippen LogP) is 4.16. The Hall–Kier alpha value is -3.42. The average molecular weight is 446 g/mol. The number of aromatic nitrogens is 1. The second-order valence-corrected chi connectivity index (χ2v) is 9.74.